The Morgan fingerprint density at radius 1 is 1.59 bits per heavy atom. The summed E-state index contributed by atoms with van der Waals surface area (Å²) in [6.07, 6.45) is 0.208. The molecule has 0 atom stereocenters. The predicted octanol–water partition coefficient (Wildman–Crippen LogP) is 1.55. The van der Waals surface area contributed by atoms with Crippen molar-refractivity contribution in [2.45, 2.75) is 13.3 Å². The zero-order valence-electron chi connectivity index (χ0n) is 9.27. The standard InChI is InChI=1S/C11H11N3O3/c1-8-9(11(15)13-7-3-6-12)4-2-5-10(8)14(16)17/h2,4-5H,3,7H2,1H3,(H,13,15). The molecule has 6 nitrogen and oxygen atoms in total. The summed E-state index contributed by atoms with van der Waals surface area (Å²) in [5.41, 5.74) is 0.502. The van der Waals surface area contributed by atoms with Crippen molar-refractivity contribution in [1.29, 1.82) is 5.26 Å². The van der Waals surface area contributed by atoms with E-state index in [0.29, 0.717) is 5.56 Å². The summed E-state index contributed by atoms with van der Waals surface area (Å²) >= 11 is 0. The summed E-state index contributed by atoms with van der Waals surface area (Å²) in [6.45, 7) is 1.76. The maximum atomic E-state index is 11.7. The molecule has 0 aliphatic rings. The highest BCUT2D eigenvalue weighted by atomic mass is 16.6. The lowest BCUT2D eigenvalue weighted by Crippen LogP contribution is -2.25. The Bertz CT molecular complexity index is 491. The molecule has 1 N–H and O–H groups in total. The molecular formula is C11H11N3O3. The largest absolute Gasteiger partial charge is 0.351 e. The molecule has 0 saturated carbocycles. The molecule has 1 aromatic carbocycles. The molecule has 0 saturated heterocycles. The topological polar surface area (TPSA) is 96.0 Å². The third kappa shape index (κ3) is 3.01. The van der Waals surface area contributed by atoms with Crippen LogP contribution < -0.4 is 5.32 Å². The number of rotatable bonds is 4. The number of hydrogen-bond acceptors (Lipinski definition) is 4. The fraction of sp³-hybridized carbons (Fsp3) is 0.273. The lowest BCUT2D eigenvalue weighted by atomic mass is 10.1. The van der Waals surface area contributed by atoms with Crippen molar-refractivity contribution >= 4 is 11.6 Å². The minimum absolute atomic E-state index is 0.0852. The summed E-state index contributed by atoms with van der Waals surface area (Å²) in [5, 5.41) is 21.5. The number of amides is 1. The van der Waals surface area contributed by atoms with Crippen LogP contribution in [0, 0.1) is 28.4 Å². The molecule has 0 unspecified atom stereocenters. The third-order valence-corrected chi connectivity index (χ3v) is 2.27. The molecule has 0 bridgehead atoms. The molecule has 0 radical (unpaired) electrons. The minimum atomic E-state index is -0.526. The van der Waals surface area contributed by atoms with E-state index in [1.54, 1.807) is 0 Å². The second-order valence-electron chi connectivity index (χ2n) is 3.37. The molecule has 0 aliphatic heterocycles. The van der Waals surface area contributed by atoms with Crippen molar-refractivity contribution < 1.29 is 9.72 Å². The molecule has 17 heavy (non-hydrogen) atoms. The van der Waals surface area contributed by atoms with Gasteiger partial charge in [-0.3, -0.25) is 14.9 Å². The van der Waals surface area contributed by atoms with Crippen LogP contribution in [0.5, 0.6) is 0 Å². The van der Waals surface area contributed by atoms with E-state index in [-0.39, 0.29) is 24.2 Å². The Hall–Kier alpha value is -2.42. The lowest BCUT2D eigenvalue weighted by Gasteiger charge is -2.06. The van der Waals surface area contributed by atoms with Gasteiger partial charge in [0.2, 0.25) is 0 Å². The van der Waals surface area contributed by atoms with Crippen LogP contribution >= 0.6 is 0 Å². The molecule has 0 aromatic heterocycles. The summed E-state index contributed by atoms with van der Waals surface area (Å²) in [5.74, 6) is -0.401. The molecule has 1 rings (SSSR count). The van der Waals surface area contributed by atoms with Gasteiger partial charge < -0.3 is 5.32 Å². The lowest BCUT2D eigenvalue weighted by molar-refractivity contribution is -0.385. The highest BCUT2D eigenvalue weighted by Crippen LogP contribution is 2.20. The Labute approximate surface area is 98.0 Å². The van der Waals surface area contributed by atoms with Gasteiger partial charge in [0.15, 0.2) is 0 Å². The van der Waals surface area contributed by atoms with Gasteiger partial charge >= 0.3 is 0 Å². The van der Waals surface area contributed by atoms with E-state index < -0.39 is 10.8 Å². The van der Waals surface area contributed by atoms with Crippen molar-refractivity contribution in [3.8, 4) is 6.07 Å². The molecule has 0 fully saturated rings. The molecule has 1 amide bonds. The average molecular weight is 233 g/mol. The number of nitro groups is 1. The van der Waals surface area contributed by atoms with E-state index in [9.17, 15) is 14.9 Å². The van der Waals surface area contributed by atoms with Gasteiger partial charge in [-0.25, -0.2) is 0 Å². The van der Waals surface area contributed by atoms with E-state index in [2.05, 4.69) is 5.32 Å². The number of nitrogens with zero attached hydrogens (tertiary/aromatic N) is 2. The van der Waals surface area contributed by atoms with Crippen LogP contribution in [-0.4, -0.2) is 17.4 Å². The highest BCUT2D eigenvalue weighted by molar-refractivity contribution is 5.96. The van der Waals surface area contributed by atoms with Crippen LogP contribution in [0.2, 0.25) is 0 Å². The van der Waals surface area contributed by atoms with Gasteiger partial charge in [0.05, 0.1) is 17.4 Å². The predicted molar refractivity (Wildman–Crippen MR) is 60.4 cm³/mol. The van der Waals surface area contributed by atoms with E-state index in [1.165, 1.54) is 25.1 Å². The van der Waals surface area contributed by atoms with Crippen LogP contribution in [-0.2, 0) is 0 Å². The monoisotopic (exact) mass is 233 g/mol. The first-order chi connectivity index (χ1) is 8.07. The molecule has 88 valence electrons. The summed E-state index contributed by atoms with van der Waals surface area (Å²) < 4.78 is 0. The molecular weight excluding hydrogens is 222 g/mol. The van der Waals surface area contributed by atoms with E-state index in [0.717, 1.165) is 0 Å². The second kappa shape index (κ2) is 5.61. The zero-order chi connectivity index (χ0) is 12.8. The van der Waals surface area contributed by atoms with Gasteiger partial charge in [-0.2, -0.15) is 5.26 Å². The maximum absolute atomic E-state index is 11.7. The zero-order valence-corrected chi connectivity index (χ0v) is 9.27. The average Bonchev–Trinajstić information content (AvgIpc) is 2.29. The van der Waals surface area contributed by atoms with Crippen LogP contribution in [0.25, 0.3) is 0 Å². The van der Waals surface area contributed by atoms with Gasteiger partial charge in [-0.1, -0.05) is 6.07 Å². The van der Waals surface area contributed by atoms with Crippen molar-refractivity contribution in [2.75, 3.05) is 6.54 Å². The third-order valence-electron chi connectivity index (χ3n) is 2.27. The van der Waals surface area contributed by atoms with Gasteiger partial charge in [0.1, 0.15) is 0 Å². The van der Waals surface area contributed by atoms with Crippen LogP contribution in [0.4, 0.5) is 5.69 Å². The fourth-order valence-electron chi connectivity index (χ4n) is 1.39. The van der Waals surface area contributed by atoms with E-state index in [4.69, 9.17) is 5.26 Å². The number of nitro benzene ring substituents is 1. The first-order valence-electron chi connectivity index (χ1n) is 4.97. The molecule has 6 heteroatoms. The number of benzene rings is 1. The summed E-state index contributed by atoms with van der Waals surface area (Å²) in [6, 6.07) is 6.22. The Morgan fingerprint density at radius 2 is 2.29 bits per heavy atom. The summed E-state index contributed by atoms with van der Waals surface area (Å²) in [7, 11) is 0. The highest BCUT2D eigenvalue weighted by Gasteiger charge is 2.17. The Kier molecular flexibility index (Phi) is 4.17. The Balaban J connectivity index is 2.92. The van der Waals surface area contributed by atoms with E-state index >= 15 is 0 Å². The molecule has 1 aromatic rings. The fourth-order valence-corrected chi connectivity index (χ4v) is 1.39. The second-order valence-corrected chi connectivity index (χ2v) is 3.37. The van der Waals surface area contributed by atoms with Crippen molar-refractivity contribution in [3.63, 3.8) is 0 Å². The van der Waals surface area contributed by atoms with E-state index in [1.807, 2.05) is 6.07 Å². The van der Waals surface area contributed by atoms with Crippen molar-refractivity contribution in [1.82, 2.24) is 5.32 Å². The van der Waals surface area contributed by atoms with Gasteiger partial charge in [0, 0.05) is 23.7 Å². The number of hydrogen-bond donors (Lipinski definition) is 1. The quantitative estimate of drug-likeness (QED) is 0.484. The van der Waals surface area contributed by atoms with Gasteiger partial charge in [-0.15, -0.1) is 0 Å². The smallest absolute Gasteiger partial charge is 0.273 e. The number of nitrogens with one attached hydrogen (secondary N) is 1. The SMILES string of the molecule is Cc1c(C(=O)NCCC#N)cccc1[N+](=O)[O-]. The summed E-state index contributed by atoms with van der Waals surface area (Å²) in [4.78, 5) is 21.8. The number of nitriles is 1. The number of carbonyl (C=O) groups is 1. The number of carbonyl (C=O) groups excluding carboxylic acids is 1. The normalized spacial score (nSPS) is 9.41. The van der Waals surface area contributed by atoms with Crippen LogP contribution in [0.1, 0.15) is 22.3 Å². The van der Waals surface area contributed by atoms with Crippen LogP contribution in [0.3, 0.4) is 0 Å². The first-order valence-corrected chi connectivity index (χ1v) is 4.97. The molecule has 0 heterocycles. The van der Waals surface area contributed by atoms with Crippen molar-refractivity contribution in [2.24, 2.45) is 0 Å². The molecule has 0 aliphatic carbocycles. The van der Waals surface area contributed by atoms with Crippen molar-refractivity contribution in [3.05, 3.63) is 39.4 Å². The Morgan fingerprint density at radius 3 is 2.88 bits per heavy atom. The first kappa shape index (κ1) is 12.6. The molecule has 0 spiro atoms. The maximum Gasteiger partial charge on any atom is 0.273 e. The van der Waals surface area contributed by atoms with Gasteiger partial charge in [0.25, 0.3) is 11.6 Å². The van der Waals surface area contributed by atoms with Crippen LogP contribution in [0.15, 0.2) is 18.2 Å². The van der Waals surface area contributed by atoms with Gasteiger partial charge in [-0.05, 0) is 13.0 Å². The minimum Gasteiger partial charge on any atom is -0.351 e.